The van der Waals surface area contributed by atoms with Gasteiger partial charge in [-0.25, -0.2) is 4.79 Å². The molecule has 158 valence electrons. The number of carbonyl (C=O) groups is 2. The van der Waals surface area contributed by atoms with Crippen molar-refractivity contribution in [3.8, 4) is 0 Å². The number of nitrogens with zero attached hydrogens (tertiary/aromatic N) is 3. The molecule has 0 N–H and O–H groups in total. The second-order valence-corrected chi connectivity index (χ2v) is 6.78. The van der Waals surface area contributed by atoms with Crippen LogP contribution < -0.4 is 4.90 Å². The third kappa shape index (κ3) is 5.11. The van der Waals surface area contributed by atoms with Crippen LogP contribution in [-0.4, -0.2) is 28.4 Å². The molecular formula is C23H21N3O5. The van der Waals surface area contributed by atoms with Crippen LogP contribution in [0.1, 0.15) is 38.8 Å². The highest BCUT2D eigenvalue weighted by Crippen LogP contribution is 2.24. The predicted molar refractivity (Wildman–Crippen MR) is 115 cm³/mol. The largest absolute Gasteiger partial charge is 0.462 e. The zero-order valence-corrected chi connectivity index (χ0v) is 17.1. The smallest absolute Gasteiger partial charge is 0.338 e. The molecule has 0 aliphatic heterocycles. The van der Waals surface area contributed by atoms with Crippen LogP contribution in [0.2, 0.25) is 0 Å². The molecule has 3 rings (SSSR count). The first-order valence-corrected chi connectivity index (χ1v) is 9.63. The number of aryl methyl sites for hydroxylation is 1. The number of hydrogen-bond donors (Lipinski definition) is 0. The molecule has 1 amide bonds. The van der Waals surface area contributed by atoms with E-state index in [1.54, 1.807) is 56.6 Å². The Morgan fingerprint density at radius 2 is 1.81 bits per heavy atom. The summed E-state index contributed by atoms with van der Waals surface area (Å²) in [5.41, 5.74) is 2.43. The Labute approximate surface area is 179 Å². The number of rotatable bonds is 7. The van der Waals surface area contributed by atoms with Gasteiger partial charge < -0.3 is 9.64 Å². The lowest BCUT2D eigenvalue weighted by molar-refractivity contribution is -0.385. The number of amides is 1. The van der Waals surface area contributed by atoms with Gasteiger partial charge in [-0.1, -0.05) is 6.07 Å². The first kappa shape index (κ1) is 21.6. The van der Waals surface area contributed by atoms with Crippen molar-refractivity contribution in [3.05, 3.63) is 99.4 Å². The molecule has 31 heavy (non-hydrogen) atoms. The molecule has 1 heterocycles. The van der Waals surface area contributed by atoms with Gasteiger partial charge in [0, 0.05) is 35.3 Å². The van der Waals surface area contributed by atoms with Gasteiger partial charge in [-0.15, -0.1) is 0 Å². The van der Waals surface area contributed by atoms with Crippen LogP contribution >= 0.6 is 0 Å². The first-order chi connectivity index (χ1) is 14.9. The van der Waals surface area contributed by atoms with E-state index in [0.717, 1.165) is 5.56 Å². The molecule has 1 aromatic heterocycles. The van der Waals surface area contributed by atoms with Crippen molar-refractivity contribution in [1.82, 2.24) is 4.98 Å². The maximum atomic E-state index is 13.3. The summed E-state index contributed by atoms with van der Waals surface area (Å²) < 4.78 is 5.00. The van der Waals surface area contributed by atoms with Crippen LogP contribution in [0.15, 0.2) is 67.0 Å². The number of benzene rings is 2. The van der Waals surface area contributed by atoms with Gasteiger partial charge in [0.25, 0.3) is 11.6 Å². The first-order valence-electron chi connectivity index (χ1n) is 9.63. The van der Waals surface area contributed by atoms with Gasteiger partial charge in [0.1, 0.15) is 0 Å². The van der Waals surface area contributed by atoms with Crippen LogP contribution in [0.5, 0.6) is 0 Å². The molecular weight excluding hydrogens is 398 g/mol. The topological polar surface area (TPSA) is 103 Å². The normalized spacial score (nSPS) is 10.4. The quantitative estimate of drug-likeness (QED) is 0.321. The highest BCUT2D eigenvalue weighted by Gasteiger charge is 2.21. The summed E-state index contributed by atoms with van der Waals surface area (Å²) in [6.45, 7) is 3.83. The number of anilines is 1. The number of esters is 1. The lowest BCUT2D eigenvalue weighted by Gasteiger charge is -2.23. The van der Waals surface area contributed by atoms with E-state index < -0.39 is 10.9 Å². The van der Waals surface area contributed by atoms with Crippen molar-refractivity contribution in [3.63, 3.8) is 0 Å². The minimum atomic E-state index is -0.481. The van der Waals surface area contributed by atoms with Crippen molar-refractivity contribution in [1.29, 1.82) is 0 Å². The molecule has 0 saturated heterocycles. The second kappa shape index (κ2) is 9.62. The fraction of sp³-hybridized carbons (Fsp3) is 0.174. The molecule has 0 fully saturated rings. The van der Waals surface area contributed by atoms with E-state index in [0.29, 0.717) is 22.4 Å². The van der Waals surface area contributed by atoms with Crippen LogP contribution in [0.4, 0.5) is 11.4 Å². The predicted octanol–water partition coefficient (Wildman–Crippen LogP) is 4.32. The molecule has 0 spiro atoms. The summed E-state index contributed by atoms with van der Waals surface area (Å²) in [7, 11) is 0. The van der Waals surface area contributed by atoms with E-state index in [4.69, 9.17) is 4.74 Å². The van der Waals surface area contributed by atoms with Crippen molar-refractivity contribution in [2.24, 2.45) is 0 Å². The molecule has 0 atom stereocenters. The minimum Gasteiger partial charge on any atom is -0.462 e. The van der Waals surface area contributed by atoms with Gasteiger partial charge in [-0.05, 0) is 61.9 Å². The zero-order valence-electron chi connectivity index (χ0n) is 17.1. The lowest BCUT2D eigenvalue weighted by Crippen LogP contribution is -2.30. The highest BCUT2D eigenvalue weighted by molar-refractivity contribution is 6.06. The van der Waals surface area contributed by atoms with Gasteiger partial charge in [0.2, 0.25) is 0 Å². The van der Waals surface area contributed by atoms with Gasteiger partial charge in [-0.2, -0.15) is 0 Å². The minimum absolute atomic E-state index is 0.0471. The highest BCUT2D eigenvalue weighted by atomic mass is 16.6. The number of aromatic nitrogens is 1. The van der Waals surface area contributed by atoms with E-state index in [9.17, 15) is 19.7 Å². The van der Waals surface area contributed by atoms with Gasteiger partial charge in [-0.3, -0.25) is 19.9 Å². The SMILES string of the molecule is CCOC(=O)c1ccc(N(Cc2cccnc2)C(=O)c2ccc([N+](=O)[O-])c(C)c2)cc1. The third-order valence-electron chi connectivity index (χ3n) is 4.64. The third-order valence-corrected chi connectivity index (χ3v) is 4.64. The van der Waals surface area contributed by atoms with Crippen LogP contribution in [0.25, 0.3) is 0 Å². The number of nitro benzene ring substituents is 1. The fourth-order valence-electron chi connectivity index (χ4n) is 3.10. The van der Waals surface area contributed by atoms with Crippen LogP contribution in [0, 0.1) is 17.0 Å². The van der Waals surface area contributed by atoms with E-state index in [1.165, 1.54) is 23.1 Å². The Morgan fingerprint density at radius 3 is 2.39 bits per heavy atom. The molecule has 0 saturated carbocycles. The number of pyridine rings is 1. The second-order valence-electron chi connectivity index (χ2n) is 6.78. The Balaban J connectivity index is 1.96. The summed E-state index contributed by atoms with van der Waals surface area (Å²) in [5, 5.41) is 11.1. The maximum absolute atomic E-state index is 13.3. The molecule has 0 aliphatic carbocycles. The number of carbonyl (C=O) groups excluding carboxylic acids is 2. The van der Waals surface area contributed by atoms with Gasteiger partial charge >= 0.3 is 5.97 Å². The van der Waals surface area contributed by atoms with Crippen molar-refractivity contribution >= 4 is 23.3 Å². The molecule has 0 aliphatic rings. The summed E-state index contributed by atoms with van der Waals surface area (Å²) in [5.74, 6) is -0.768. The molecule has 8 nitrogen and oxygen atoms in total. The monoisotopic (exact) mass is 419 g/mol. The van der Waals surface area contributed by atoms with Crippen LogP contribution in [-0.2, 0) is 11.3 Å². The molecule has 8 heteroatoms. The summed E-state index contributed by atoms with van der Waals surface area (Å²) >= 11 is 0. The van der Waals surface area contributed by atoms with E-state index in [-0.39, 0.29) is 24.7 Å². The Hall–Kier alpha value is -4.07. The molecule has 3 aromatic rings. The molecule has 0 radical (unpaired) electrons. The van der Waals surface area contributed by atoms with Crippen LogP contribution in [0.3, 0.4) is 0 Å². The summed E-state index contributed by atoms with van der Waals surface area (Å²) in [6, 6.07) is 14.4. The maximum Gasteiger partial charge on any atom is 0.338 e. The molecule has 0 unspecified atom stereocenters. The van der Waals surface area contributed by atoms with Gasteiger partial charge in [0.05, 0.1) is 23.6 Å². The summed E-state index contributed by atoms with van der Waals surface area (Å²) in [6.07, 6.45) is 3.30. The average Bonchev–Trinajstić information content (AvgIpc) is 2.77. The van der Waals surface area contributed by atoms with Crippen molar-refractivity contribution < 1.29 is 19.2 Å². The van der Waals surface area contributed by atoms with Crippen molar-refractivity contribution in [2.45, 2.75) is 20.4 Å². The zero-order chi connectivity index (χ0) is 22.4. The number of ether oxygens (including phenoxy) is 1. The van der Waals surface area contributed by atoms with E-state index >= 15 is 0 Å². The average molecular weight is 419 g/mol. The standard InChI is InChI=1S/C23H21N3O5/c1-3-31-23(28)18-6-9-20(10-7-18)25(15-17-5-4-12-24-14-17)22(27)19-8-11-21(26(29)30)16(2)13-19/h4-14H,3,15H2,1-2H3. The van der Waals surface area contributed by atoms with E-state index in [1.807, 2.05) is 6.07 Å². The van der Waals surface area contributed by atoms with Gasteiger partial charge in [0.15, 0.2) is 0 Å². The Kier molecular flexibility index (Phi) is 6.71. The molecule has 0 bridgehead atoms. The number of nitro groups is 1. The lowest BCUT2D eigenvalue weighted by atomic mass is 10.1. The molecule has 2 aromatic carbocycles. The van der Waals surface area contributed by atoms with Crippen molar-refractivity contribution in [2.75, 3.05) is 11.5 Å². The van der Waals surface area contributed by atoms with E-state index in [2.05, 4.69) is 4.98 Å². The Bertz CT molecular complexity index is 1100. The Morgan fingerprint density at radius 1 is 1.10 bits per heavy atom. The number of hydrogen-bond acceptors (Lipinski definition) is 6. The summed E-state index contributed by atoms with van der Waals surface area (Å²) in [4.78, 5) is 41.5. The fourth-order valence-corrected chi connectivity index (χ4v) is 3.10.